The summed E-state index contributed by atoms with van der Waals surface area (Å²) in [7, 11) is 3.56. The zero-order chi connectivity index (χ0) is 19.1. The van der Waals surface area contributed by atoms with E-state index in [1.54, 1.807) is 44.6 Å². The molecule has 0 spiro atoms. The fourth-order valence-electron chi connectivity index (χ4n) is 2.96. The number of methoxy groups -OCH3 is 1. The van der Waals surface area contributed by atoms with E-state index in [2.05, 4.69) is 0 Å². The highest BCUT2D eigenvalue weighted by Gasteiger charge is 2.22. The third-order valence-electron chi connectivity index (χ3n) is 4.33. The minimum Gasteiger partial charge on any atom is -0.504 e. The van der Waals surface area contributed by atoms with E-state index in [1.165, 1.54) is 7.11 Å². The maximum atomic E-state index is 12.7. The Hall–Kier alpha value is -2.15. The van der Waals surface area contributed by atoms with Gasteiger partial charge in [0, 0.05) is 25.3 Å². The number of ketones is 1. The molecule has 0 fully saturated rings. The van der Waals surface area contributed by atoms with Crippen molar-refractivity contribution in [2.45, 2.75) is 25.8 Å². The summed E-state index contributed by atoms with van der Waals surface area (Å²) in [6.45, 7) is 1.93. The second-order valence-electron chi connectivity index (χ2n) is 5.93. The molecule has 0 aliphatic carbocycles. The number of aromatic hydroxyl groups is 1. The van der Waals surface area contributed by atoms with Crippen LogP contribution in [0.4, 0.5) is 0 Å². The van der Waals surface area contributed by atoms with Crippen LogP contribution in [0, 0.1) is 6.92 Å². The molecular formula is C20H25O5Si. The van der Waals surface area contributed by atoms with Gasteiger partial charge < -0.3 is 18.7 Å². The predicted octanol–water partition coefficient (Wildman–Crippen LogP) is 3.65. The topological polar surface area (TPSA) is 65.0 Å². The standard InChI is InChI=1S/C20H25O5Si/c1-14-13-17(18(21)15-9-6-5-7-10-15)19(22)20(23-2)16(14)11-8-12-26(24-3)25-4/h5-7,9-10,13,22H,8,11-12H2,1-4H3. The highest BCUT2D eigenvalue weighted by Crippen LogP contribution is 2.38. The van der Waals surface area contributed by atoms with Gasteiger partial charge in [0.25, 0.3) is 0 Å². The molecule has 0 bridgehead atoms. The average Bonchev–Trinajstić information content (AvgIpc) is 2.67. The van der Waals surface area contributed by atoms with Gasteiger partial charge in [0.2, 0.25) is 0 Å². The van der Waals surface area contributed by atoms with Gasteiger partial charge in [0.1, 0.15) is 0 Å². The number of carbonyl (C=O) groups excluding carboxylic acids is 1. The van der Waals surface area contributed by atoms with Crippen LogP contribution < -0.4 is 4.74 Å². The van der Waals surface area contributed by atoms with Gasteiger partial charge in [0.15, 0.2) is 17.3 Å². The van der Waals surface area contributed by atoms with Crippen molar-refractivity contribution in [1.82, 2.24) is 0 Å². The molecule has 5 nitrogen and oxygen atoms in total. The first-order valence-corrected chi connectivity index (χ1v) is 9.98. The lowest BCUT2D eigenvalue weighted by molar-refractivity contribution is 0.103. The number of phenolic OH excluding ortho intramolecular Hbond substituents is 1. The molecular weight excluding hydrogens is 348 g/mol. The van der Waals surface area contributed by atoms with E-state index in [0.29, 0.717) is 17.7 Å². The van der Waals surface area contributed by atoms with Crippen LogP contribution in [0.25, 0.3) is 0 Å². The summed E-state index contributed by atoms with van der Waals surface area (Å²) in [5, 5.41) is 10.6. The number of rotatable bonds is 9. The second kappa shape index (κ2) is 9.52. The van der Waals surface area contributed by atoms with E-state index >= 15 is 0 Å². The van der Waals surface area contributed by atoms with Gasteiger partial charge in [-0.25, -0.2) is 0 Å². The number of aryl methyl sites for hydroxylation is 1. The summed E-state index contributed by atoms with van der Waals surface area (Å²) < 4.78 is 16.0. The number of benzene rings is 2. The normalized spacial score (nSPS) is 11.0. The van der Waals surface area contributed by atoms with Gasteiger partial charge in [-0.1, -0.05) is 30.3 Å². The molecule has 0 heterocycles. The zero-order valence-electron chi connectivity index (χ0n) is 15.7. The lowest BCUT2D eigenvalue weighted by Crippen LogP contribution is -2.18. The van der Waals surface area contributed by atoms with E-state index < -0.39 is 9.28 Å². The molecule has 139 valence electrons. The van der Waals surface area contributed by atoms with E-state index in [-0.39, 0.29) is 17.1 Å². The SMILES string of the molecule is COc1c(O)c(C(=O)c2ccccc2)cc(C)c1CCC[Si](OC)OC. The fraction of sp³-hybridized carbons (Fsp3) is 0.350. The third kappa shape index (κ3) is 4.52. The molecule has 0 aromatic heterocycles. The van der Waals surface area contributed by atoms with Crippen LogP contribution in [-0.4, -0.2) is 41.5 Å². The Morgan fingerprint density at radius 2 is 1.77 bits per heavy atom. The van der Waals surface area contributed by atoms with Crippen molar-refractivity contribution in [1.29, 1.82) is 0 Å². The van der Waals surface area contributed by atoms with Crippen LogP contribution in [0.3, 0.4) is 0 Å². The van der Waals surface area contributed by atoms with Crippen molar-refractivity contribution in [3.63, 3.8) is 0 Å². The van der Waals surface area contributed by atoms with Crippen molar-refractivity contribution in [3.8, 4) is 11.5 Å². The third-order valence-corrected chi connectivity index (χ3v) is 6.00. The molecule has 1 radical (unpaired) electrons. The first kappa shape index (κ1) is 20.2. The fourth-order valence-corrected chi connectivity index (χ4v) is 4.00. The Morgan fingerprint density at radius 3 is 2.35 bits per heavy atom. The number of hydrogen-bond donors (Lipinski definition) is 1. The first-order chi connectivity index (χ1) is 12.5. The first-order valence-electron chi connectivity index (χ1n) is 8.46. The Kier molecular flexibility index (Phi) is 7.38. The lowest BCUT2D eigenvalue weighted by Gasteiger charge is -2.17. The second-order valence-corrected chi connectivity index (χ2v) is 7.99. The molecule has 6 heteroatoms. The smallest absolute Gasteiger partial charge is 0.384 e. The molecule has 0 atom stereocenters. The monoisotopic (exact) mass is 373 g/mol. The molecule has 1 N–H and O–H groups in total. The van der Waals surface area contributed by atoms with Gasteiger partial charge in [-0.3, -0.25) is 4.79 Å². The summed E-state index contributed by atoms with van der Waals surface area (Å²) >= 11 is 0. The van der Waals surface area contributed by atoms with Crippen molar-refractivity contribution < 1.29 is 23.5 Å². The van der Waals surface area contributed by atoms with Crippen LogP contribution in [-0.2, 0) is 15.3 Å². The molecule has 0 saturated heterocycles. The van der Waals surface area contributed by atoms with Crippen LogP contribution in [0.5, 0.6) is 11.5 Å². The minimum absolute atomic E-state index is 0.106. The number of hydrogen-bond acceptors (Lipinski definition) is 5. The maximum Gasteiger partial charge on any atom is 0.384 e. The Balaban J connectivity index is 2.29. The predicted molar refractivity (Wildman–Crippen MR) is 102 cm³/mol. The van der Waals surface area contributed by atoms with Gasteiger partial charge in [-0.2, -0.15) is 0 Å². The van der Waals surface area contributed by atoms with Gasteiger partial charge in [-0.15, -0.1) is 0 Å². The minimum atomic E-state index is -1.25. The number of carbonyl (C=O) groups is 1. The number of phenols is 1. The van der Waals surface area contributed by atoms with Crippen LogP contribution >= 0.6 is 0 Å². The molecule has 0 aliphatic rings. The van der Waals surface area contributed by atoms with Gasteiger partial charge in [-0.05, 0) is 37.4 Å². The molecule has 2 rings (SSSR count). The molecule has 0 aliphatic heterocycles. The Labute approximate surface area is 156 Å². The highest BCUT2D eigenvalue weighted by molar-refractivity contribution is 6.44. The summed E-state index contributed by atoms with van der Waals surface area (Å²) in [6, 6.07) is 11.5. The van der Waals surface area contributed by atoms with E-state index in [1.807, 2.05) is 13.0 Å². The summed E-state index contributed by atoms with van der Waals surface area (Å²) in [5.41, 5.74) is 2.61. The summed E-state index contributed by atoms with van der Waals surface area (Å²) in [5.74, 6) is 0.0409. The van der Waals surface area contributed by atoms with Crippen LogP contribution in [0.1, 0.15) is 33.5 Å². The molecule has 0 saturated carbocycles. The van der Waals surface area contributed by atoms with Gasteiger partial charge in [0.05, 0.1) is 12.7 Å². The Morgan fingerprint density at radius 1 is 1.12 bits per heavy atom. The summed E-state index contributed by atoms with van der Waals surface area (Å²) in [6.07, 6.45) is 1.56. The molecule has 0 unspecified atom stereocenters. The zero-order valence-corrected chi connectivity index (χ0v) is 16.7. The Bertz CT molecular complexity index is 742. The van der Waals surface area contributed by atoms with Crippen molar-refractivity contribution in [2.24, 2.45) is 0 Å². The average molecular weight is 374 g/mol. The largest absolute Gasteiger partial charge is 0.504 e. The van der Waals surface area contributed by atoms with E-state index in [9.17, 15) is 9.90 Å². The highest BCUT2D eigenvalue weighted by atomic mass is 28.3. The van der Waals surface area contributed by atoms with Crippen molar-refractivity contribution >= 4 is 15.1 Å². The van der Waals surface area contributed by atoms with Crippen molar-refractivity contribution in [3.05, 3.63) is 58.7 Å². The van der Waals surface area contributed by atoms with E-state index in [4.69, 9.17) is 13.6 Å². The van der Waals surface area contributed by atoms with Crippen molar-refractivity contribution in [2.75, 3.05) is 21.3 Å². The molecule has 0 amide bonds. The number of ether oxygens (including phenoxy) is 1. The maximum absolute atomic E-state index is 12.7. The van der Waals surface area contributed by atoms with E-state index in [0.717, 1.165) is 23.6 Å². The molecule has 2 aromatic rings. The quantitative estimate of drug-likeness (QED) is 0.537. The molecule has 26 heavy (non-hydrogen) atoms. The van der Waals surface area contributed by atoms with Crippen LogP contribution in [0.15, 0.2) is 36.4 Å². The lowest BCUT2D eigenvalue weighted by atomic mass is 9.94. The van der Waals surface area contributed by atoms with Crippen LogP contribution in [0.2, 0.25) is 6.04 Å². The summed E-state index contributed by atoms with van der Waals surface area (Å²) in [4.78, 5) is 12.7. The molecule has 2 aromatic carbocycles. The van der Waals surface area contributed by atoms with Gasteiger partial charge >= 0.3 is 9.28 Å².